The van der Waals surface area contributed by atoms with Crippen molar-refractivity contribution in [2.75, 3.05) is 0 Å². The monoisotopic (exact) mass is 660 g/mol. The number of thiophene rings is 2. The van der Waals surface area contributed by atoms with Crippen LogP contribution in [-0.2, 0) is 12.8 Å². The van der Waals surface area contributed by atoms with Crippen LogP contribution in [0.15, 0.2) is 48.8 Å². The number of rotatable bonds is 18. The molecule has 0 unspecified atom stereocenters. The fourth-order valence-corrected chi connectivity index (χ4v) is 10.2. The summed E-state index contributed by atoms with van der Waals surface area (Å²) in [5.41, 5.74) is 5.59. The maximum absolute atomic E-state index is 4.92. The largest absolute Gasteiger partial charge is 0.241 e. The number of thiazole rings is 2. The highest BCUT2D eigenvalue weighted by atomic mass is 32.1. The summed E-state index contributed by atoms with van der Waals surface area (Å²) in [6.45, 7) is 8.97. The maximum atomic E-state index is 4.92. The van der Waals surface area contributed by atoms with Gasteiger partial charge >= 0.3 is 0 Å². The SMILES string of the molecule is CCCCCCCCc1cc(C)sc1-c1cnc(-c2ncc(-c3sc(-c4ccc(C)cc4)cc3CCCCCCCC)s2)s1. The topological polar surface area (TPSA) is 25.8 Å². The van der Waals surface area contributed by atoms with E-state index in [0.717, 1.165) is 16.4 Å². The van der Waals surface area contributed by atoms with Gasteiger partial charge in [0.05, 0.1) is 9.75 Å². The van der Waals surface area contributed by atoms with Crippen LogP contribution in [0.2, 0.25) is 0 Å². The third-order valence-electron chi connectivity index (χ3n) is 8.32. The molecule has 6 heteroatoms. The number of nitrogens with zero attached hydrogens (tertiary/aromatic N) is 2. The molecule has 0 saturated carbocycles. The Hall–Kier alpha value is -2.12. The maximum Gasteiger partial charge on any atom is 0.152 e. The lowest BCUT2D eigenvalue weighted by atomic mass is 10.0. The van der Waals surface area contributed by atoms with E-state index in [2.05, 4.69) is 76.5 Å². The highest BCUT2D eigenvalue weighted by Gasteiger charge is 2.19. The summed E-state index contributed by atoms with van der Waals surface area (Å²) >= 11 is 7.46. The summed E-state index contributed by atoms with van der Waals surface area (Å²) in [5, 5.41) is 2.08. The number of aryl methyl sites for hydroxylation is 4. The summed E-state index contributed by atoms with van der Waals surface area (Å²) in [7, 11) is 0. The van der Waals surface area contributed by atoms with Gasteiger partial charge in [-0.2, -0.15) is 0 Å². The molecule has 0 N–H and O–H groups in total. The van der Waals surface area contributed by atoms with Crippen LogP contribution in [0.1, 0.15) is 112 Å². The minimum Gasteiger partial charge on any atom is -0.241 e. The number of hydrogen-bond acceptors (Lipinski definition) is 6. The van der Waals surface area contributed by atoms with Crippen molar-refractivity contribution in [1.29, 1.82) is 0 Å². The summed E-state index contributed by atoms with van der Waals surface area (Å²) in [6, 6.07) is 13.8. The standard InChI is InChI=1S/C38H48N2S4/c1-5-7-9-11-13-15-17-30-23-28(4)41-35(30)33-25-39-37(43-33)38-40-26-34(44-38)36-31(18-16-14-12-10-8-6-2)24-32(42-36)29-21-19-27(3)20-22-29/h19-26H,5-18H2,1-4H3. The Morgan fingerprint density at radius 1 is 0.523 bits per heavy atom. The average Bonchev–Trinajstić information content (AvgIpc) is 3.83. The zero-order chi connectivity index (χ0) is 30.7. The molecule has 0 aliphatic heterocycles. The molecule has 0 fully saturated rings. The van der Waals surface area contributed by atoms with Gasteiger partial charge in [-0.3, -0.25) is 0 Å². The second-order valence-corrected chi connectivity index (χ2v) is 16.5. The van der Waals surface area contributed by atoms with Crippen LogP contribution >= 0.6 is 45.3 Å². The predicted octanol–water partition coefficient (Wildman–Crippen LogP) is 13.8. The summed E-state index contributed by atoms with van der Waals surface area (Å²) in [4.78, 5) is 17.9. The first-order valence-corrected chi connectivity index (χ1v) is 20.0. The molecule has 1 aromatic carbocycles. The van der Waals surface area contributed by atoms with Crippen LogP contribution in [0.5, 0.6) is 0 Å². The first-order valence-electron chi connectivity index (χ1n) is 16.8. The number of benzene rings is 1. The molecule has 5 rings (SSSR count). The molecule has 4 heterocycles. The fourth-order valence-electron chi connectivity index (χ4n) is 5.79. The van der Waals surface area contributed by atoms with E-state index in [1.54, 1.807) is 22.7 Å². The van der Waals surface area contributed by atoms with Crippen LogP contribution in [0, 0.1) is 13.8 Å². The minimum atomic E-state index is 1.04. The van der Waals surface area contributed by atoms with Crippen molar-refractivity contribution in [3.63, 3.8) is 0 Å². The van der Waals surface area contributed by atoms with E-state index >= 15 is 0 Å². The Morgan fingerprint density at radius 3 is 1.59 bits per heavy atom. The quantitative estimate of drug-likeness (QED) is 0.0874. The Bertz CT molecular complexity index is 1570. The van der Waals surface area contributed by atoms with Crippen molar-refractivity contribution in [3.8, 4) is 40.0 Å². The predicted molar refractivity (Wildman–Crippen MR) is 199 cm³/mol. The van der Waals surface area contributed by atoms with Crippen molar-refractivity contribution in [1.82, 2.24) is 9.97 Å². The second-order valence-electron chi connectivity index (χ2n) is 12.1. The summed E-state index contributed by atoms with van der Waals surface area (Å²) < 4.78 is 0. The molecule has 5 aromatic rings. The lowest BCUT2D eigenvalue weighted by Crippen LogP contribution is -1.86. The fraction of sp³-hybridized carbons (Fsp3) is 0.474. The molecule has 0 aliphatic rings. The minimum absolute atomic E-state index is 1.04. The first kappa shape index (κ1) is 33.2. The van der Waals surface area contributed by atoms with E-state index in [9.17, 15) is 0 Å². The molecular formula is C38H48N2S4. The van der Waals surface area contributed by atoms with Crippen molar-refractivity contribution in [3.05, 3.63) is 70.4 Å². The number of unbranched alkanes of at least 4 members (excludes halogenated alkanes) is 10. The van der Waals surface area contributed by atoms with Gasteiger partial charge in [-0.1, -0.05) is 108 Å². The third-order valence-corrected chi connectivity index (χ3v) is 13.1. The van der Waals surface area contributed by atoms with Gasteiger partial charge in [0.25, 0.3) is 0 Å². The van der Waals surface area contributed by atoms with E-state index in [0.29, 0.717) is 0 Å². The number of hydrogen-bond donors (Lipinski definition) is 0. The average molecular weight is 661 g/mol. The molecule has 0 radical (unpaired) electrons. The molecule has 2 nitrogen and oxygen atoms in total. The van der Waals surface area contributed by atoms with Gasteiger partial charge in [-0.15, -0.1) is 45.3 Å². The number of aromatic nitrogens is 2. The second kappa shape index (κ2) is 17.0. The molecular weight excluding hydrogens is 613 g/mol. The van der Waals surface area contributed by atoms with Crippen LogP contribution in [-0.4, -0.2) is 9.97 Å². The molecule has 0 atom stereocenters. The van der Waals surface area contributed by atoms with Crippen molar-refractivity contribution < 1.29 is 0 Å². The van der Waals surface area contributed by atoms with Gasteiger partial charge in [0.15, 0.2) is 10.0 Å². The zero-order valence-corrected chi connectivity index (χ0v) is 30.3. The Labute approximate surface area is 281 Å². The Balaban J connectivity index is 1.32. The van der Waals surface area contributed by atoms with E-state index in [1.165, 1.54) is 135 Å². The molecule has 4 aromatic heterocycles. The highest BCUT2D eigenvalue weighted by Crippen LogP contribution is 2.45. The van der Waals surface area contributed by atoms with E-state index in [1.807, 2.05) is 22.7 Å². The van der Waals surface area contributed by atoms with Gasteiger partial charge in [0.2, 0.25) is 0 Å². The zero-order valence-electron chi connectivity index (χ0n) is 27.0. The molecule has 0 aliphatic carbocycles. The summed E-state index contributed by atoms with van der Waals surface area (Å²) in [5.74, 6) is 0. The molecule has 234 valence electrons. The van der Waals surface area contributed by atoms with Crippen LogP contribution in [0.4, 0.5) is 0 Å². The molecule has 0 spiro atoms. The smallest absolute Gasteiger partial charge is 0.152 e. The van der Waals surface area contributed by atoms with Crippen molar-refractivity contribution in [2.24, 2.45) is 0 Å². The molecule has 0 amide bonds. The van der Waals surface area contributed by atoms with Gasteiger partial charge in [-0.25, -0.2) is 9.97 Å². The Morgan fingerprint density at radius 2 is 1.02 bits per heavy atom. The van der Waals surface area contributed by atoms with Crippen LogP contribution in [0.25, 0.3) is 40.0 Å². The van der Waals surface area contributed by atoms with Crippen LogP contribution in [0.3, 0.4) is 0 Å². The van der Waals surface area contributed by atoms with Crippen molar-refractivity contribution in [2.45, 2.75) is 118 Å². The molecule has 44 heavy (non-hydrogen) atoms. The summed E-state index contributed by atoms with van der Waals surface area (Å²) in [6.07, 6.45) is 22.4. The third kappa shape index (κ3) is 8.99. The van der Waals surface area contributed by atoms with Gasteiger partial charge in [0.1, 0.15) is 0 Å². The Kier molecular flexibility index (Phi) is 12.8. The van der Waals surface area contributed by atoms with E-state index in [4.69, 9.17) is 9.97 Å². The lowest BCUT2D eigenvalue weighted by molar-refractivity contribution is 0.608. The van der Waals surface area contributed by atoms with Crippen molar-refractivity contribution >= 4 is 45.3 Å². The first-order chi connectivity index (χ1) is 21.6. The molecule has 0 saturated heterocycles. The van der Waals surface area contributed by atoms with Gasteiger partial charge < -0.3 is 0 Å². The lowest BCUT2D eigenvalue weighted by Gasteiger charge is -2.02. The highest BCUT2D eigenvalue weighted by molar-refractivity contribution is 7.28. The normalized spacial score (nSPS) is 11.5. The van der Waals surface area contributed by atoms with E-state index in [-0.39, 0.29) is 0 Å². The molecule has 0 bridgehead atoms. The van der Waals surface area contributed by atoms with Gasteiger partial charge in [0, 0.05) is 31.9 Å². The van der Waals surface area contributed by atoms with Gasteiger partial charge in [-0.05, 0) is 68.4 Å². The van der Waals surface area contributed by atoms with E-state index < -0.39 is 0 Å². The van der Waals surface area contributed by atoms with Crippen LogP contribution < -0.4 is 0 Å².